The van der Waals surface area contributed by atoms with Gasteiger partial charge in [-0.3, -0.25) is 4.79 Å². The number of carbonyl (C=O) groups is 2. The molecule has 0 aliphatic carbocycles. The number of carbonyl (C=O) groups excluding carboxylic acids is 1. The van der Waals surface area contributed by atoms with Gasteiger partial charge in [-0.15, -0.1) is 0 Å². The van der Waals surface area contributed by atoms with Crippen LogP contribution in [0.4, 0.5) is 0 Å². The van der Waals surface area contributed by atoms with Crippen molar-refractivity contribution >= 4 is 11.9 Å². The van der Waals surface area contributed by atoms with Gasteiger partial charge in [0.15, 0.2) is 0 Å². The second kappa shape index (κ2) is 20.0. The zero-order chi connectivity index (χ0) is 27.1. The number of rotatable bonds is 21. The maximum Gasteiger partial charge on any atom is 0.326 e. The summed E-state index contributed by atoms with van der Waals surface area (Å²) in [5.41, 5.74) is 0.711. The van der Waals surface area contributed by atoms with Crippen molar-refractivity contribution in [3.8, 4) is 0 Å². The van der Waals surface area contributed by atoms with Crippen molar-refractivity contribution in [3.63, 3.8) is 0 Å². The van der Waals surface area contributed by atoms with E-state index in [1.807, 2.05) is 0 Å². The number of fused-ring (bicyclic) bond motifs is 3. The molecular formula is C30H55Br2N5O3. The number of piperazine rings is 3. The lowest BCUT2D eigenvalue weighted by Gasteiger charge is -2.55. The van der Waals surface area contributed by atoms with Gasteiger partial charge >= 0.3 is 5.97 Å². The van der Waals surface area contributed by atoms with Crippen molar-refractivity contribution in [1.29, 1.82) is 0 Å². The number of imidazole rings is 1. The zero-order valence-corrected chi connectivity index (χ0v) is 28.0. The molecule has 3 fully saturated rings. The number of amides is 1. The molecule has 0 saturated carbocycles. The van der Waals surface area contributed by atoms with Crippen LogP contribution in [0, 0.1) is 0 Å². The second-order valence-electron chi connectivity index (χ2n) is 12.2. The van der Waals surface area contributed by atoms with Gasteiger partial charge in [0.1, 0.15) is 45.3 Å². The fraction of sp³-hybridized carbons (Fsp3) is 0.833. The highest BCUT2D eigenvalue weighted by Crippen LogP contribution is 2.28. The van der Waals surface area contributed by atoms with Crippen LogP contribution in [0.1, 0.15) is 103 Å². The third-order valence-corrected chi connectivity index (χ3v) is 9.28. The first-order chi connectivity index (χ1) is 18.5. The SMILES string of the molecule is CCCCCCCCCCCCCC[N+]12CC[N+](CCCC(=O)N[C@@H](Cc3cnc[nH]3)C(=O)O)(CC1)CC2.[Br-].[Br-]. The van der Waals surface area contributed by atoms with Crippen LogP contribution in [-0.4, -0.2) is 94.3 Å². The van der Waals surface area contributed by atoms with Crippen LogP contribution < -0.4 is 39.3 Å². The van der Waals surface area contributed by atoms with Crippen molar-refractivity contribution in [3.05, 3.63) is 18.2 Å². The van der Waals surface area contributed by atoms with Crippen LogP contribution in [0.5, 0.6) is 0 Å². The number of aromatic nitrogens is 2. The Morgan fingerprint density at radius 1 is 0.825 bits per heavy atom. The number of halogens is 2. The van der Waals surface area contributed by atoms with Gasteiger partial charge < -0.3 is 58.3 Å². The van der Waals surface area contributed by atoms with Crippen LogP contribution >= 0.6 is 0 Å². The van der Waals surface area contributed by atoms with E-state index in [9.17, 15) is 14.7 Å². The highest BCUT2D eigenvalue weighted by Gasteiger charge is 2.48. The molecule has 3 N–H and O–H groups in total. The molecule has 3 saturated heterocycles. The summed E-state index contributed by atoms with van der Waals surface area (Å²) in [5.74, 6) is -1.18. The minimum Gasteiger partial charge on any atom is -1.00 e. The van der Waals surface area contributed by atoms with E-state index in [0.717, 1.165) is 17.4 Å². The Kier molecular flexibility index (Phi) is 18.6. The molecule has 1 aromatic heterocycles. The van der Waals surface area contributed by atoms with Gasteiger partial charge in [0, 0.05) is 31.2 Å². The number of nitrogens with one attached hydrogen (secondary N) is 2. The first-order valence-electron chi connectivity index (χ1n) is 15.7. The minimum atomic E-state index is -1.01. The Bertz CT molecular complexity index is 800. The van der Waals surface area contributed by atoms with Crippen LogP contribution in [0.15, 0.2) is 12.5 Å². The summed E-state index contributed by atoms with van der Waals surface area (Å²) < 4.78 is 2.48. The lowest BCUT2D eigenvalue weighted by Crippen LogP contribution is -3.00. The van der Waals surface area contributed by atoms with E-state index in [1.54, 1.807) is 6.20 Å². The number of carboxylic acid groups (broad SMARTS) is 1. The largest absolute Gasteiger partial charge is 1.00 e. The summed E-state index contributed by atoms with van der Waals surface area (Å²) >= 11 is 0. The van der Waals surface area contributed by atoms with Crippen LogP contribution in [0.3, 0.4) is 0 Å². The molecule has 3 aliphatic rings. The molecule has 4 heterocycles. The first-order valence-corrected chi connectivity index (χ1v) is 15.7. The highest BCUT2D eigenvalue weighted by atomic mass is 79.9. The average molecular weight is 694 g/mol. The molecule has 1 atom stereocenters. The molecule has 8 nitrogen and oxygen atoms in total. The predicted molar refractivity (Wildman–Crippen MR) is 152 cm³/mol. The molecule has 3 aliphatic heterocycles. The summed E-state index contributed by atoms with van der Waals surface area (Å²) in [7, 11) is 0. The number of unbranched alkanes of at least 4 members (excludes halogenated alkanes) is 11. The first kappa shape index (κ1) is 37.1. The summed E-state index contributed by atoms with van der Waals surface area (Å²) in [6, 6.07) is -0.918. The van der Waals surface area contributed by atoms with Gasteiger partial charge in [-0.25, -0.2) is 9.78 Å². The molecular weight excluding hydrogens is 638 g/mol. The maximum absolute atomic E-state index is 12.5. The Labute approximate surface area is 263 Å². The number of carboxylic acids is 1. The van der Waals surface area contributed by atoms with Crippen molar-refractivity contribution in [2.45, 2.75) is 109 Å². The number of hydrogen-bond acceptors (Lipinski definition) is 3. The van der Waals surface area contributed by atoms with Crippen LogP contribution in [0.2, 0.25) is 0 Å². The molecule has 10 heteroatoms. The summed E-state index contributed by atoms with van der Waals surface area (Å²) in [4.78, 5) is 30.9. The Hall–Kier alpha value is -0.970. The summed E-state index contributed by atoms with van der Waals surface area (Å²) in [5, 5.41) is 12.2. The third kappa shape index (κ3) is 12.9. The third-order valence-electron chi connectivity index (χ3n) is 9.28. The number of aromatic amines is 1. The van der Waals surface area contributed by atoms with Gasteiger partial charge in [0.05, 0.1) is 19.4 Å². The quantitative estimate of drug-likeness (QED) is 0.110. The fourth-order valence-corrected chi connectivity index (χ4v) is 6.56. The molecule has 0 radical (unpaired) electrons. The fourth-order valence-electron chi connectivity index (χ4n) is 6.56. The van der Waals surface area contributed by atoms with Gasteiger partial charge in [-0.2, -0.15) is 0 Å². The van der Waals surface area contributed by atoms with Crippen molar-refractivity contribution in [2.24, 2.45) is 0 Å². The standard InChI is InChI=1S/C30H53N5O3.2BrH/c1-2-3-4-5-6-7-8-9-10-11-12-13-16-34-18-21-35(22-19-34,23-20-34)17-14-15-29(36)33-28(30(37)38)24-27-25-31-26-32-27;;/h25-26,28H,2-24H2,1H3,(H-2,31,32,33,36,37,38);2*1H/t28-,34?,35?;;/m0../s1. The van der Waals surface area contributed by atoms with Crippen LogP contribution in [0.25, 0.3) is 0 Å². The zero-order valence-electron chi connectivity index (χ0n) is 24.9. The van der Waals surface area contributed by atoms with Gasteiger partial charge in [0.2, 0.25) is 5.91 Å². The van der Waals surface area contributed by atoms with E-state index in [1.165, 1.54) is 134 Å². The van der Waals surface area contributed by atoms with Gasteiger partial charge in [-0.05, 0) is 12.8 Å². The maximum atomic E-state index is 12.5. The Morgan fingerprint density at radius 3 is 1.75 bits per heavy atom. The molecule has 4 rings (SSSR count). The van der Waals surface area contributed by atoms with E-state index in [-0.39, 0.29) is 46.3 Å². The molecule has 1 aromatic rings. The number of quaternary nitrogens is 2. The Morgan fingerprint density at radius 2 is 1.30 bits per heavy atom. The molecule has 0 spiro atoms. The van der Waals surface area contributed by atoms with Gasteiger partial charge in [0.25, 0.3) is 0 Å². The molecule has 232 valence electrons. The van der Waals surface area contributed by atoms with Crippen molar-refractivity contribution < 1.29 is 57.6 Å². The topological polar surface area (TPSA) is 95.1 Å². The van der Waals surface area contributed by atoms with E-state index in [4.69, 9.17) is 0 Å². The summed E-state index contributed by atoms with van der Waals surface area (Å²) in [6.07, 6.45) is 21.5. The Balaban J connectivity index is 0.00000400. The average Bonchev–Trinajstić information content (AvgIpc) is 3.43. The van der Waals surface area contributed by atoms with Gasteiger partial charge in [-0.1, -0.05) is 71.1 Å². The van der Waals surface area contributed by atoms with E-state index in [0.29, 0.717) is 12.1 Å². The number of aliphatic carboxylic acids is 1. The smallest absolute Gasteiger partial charge is 0.326 e. The van der Waals surface area contributed by atoms with Crippen molar-refractivity contribution in [2.75, 3.05) is 52.4 Å². The molecule has 1 amide bonds. The molecule has 0 unspecified atom stereocenters. The molecule has 40 heavy (non-hydrogen) atoms. The lowest BCUT2D eigenvalue weighted by molar-refractivity contribution is -1.08. The number of hydrogen-bond donors (Lipinski definition) is 3. The second-order valence-corrected chi connectivity index (χ2v) is 12.2. The predicted octanol–water partition coefficient (Wildman–Crippen LogP) is -1.33. The lowest BCUT2D eigenvalue weighted by atomic mass is 10.0. The highest BCUT2D eigenvalue weighted by molar-refractivity contribution is 5.83. The van der Waals surface area contributed by atoms with Crippen LogP contribution in [-0.2, 0) is 16.0 Å². The number of H-pyrrole nitrogens is 1. The minimum absolute atomic E-state index is 0. The van der Waals surface area contributed by atoms with Crippen molar-refractivity contribution in [1.82, 2.24) is 15.3 Å². The summed E-state index contributed by atoms with van der Waals surface area (Å²) in [6.45, 7) is 12.2. The normalized spacial score (nSPS) is 22.2. The monoisotopic (exact) mass is 691 g/mol. The number of nitrogens with zero attached hydrogens (tertiary/aromatic N) is 3. The van der Waals surface area contributed by atoms with E-state index in [2.05, 4.69) is 22.2 Å². The van der Waals surface area contributed by atoms with E-state index >= 15 is 0 Å². The molecule has 0 aromatic carbocycles. The molecule has 2 bridgehead atoms. The van der Waals surface area contributed by atoms with E-state index < -0.39 is 12.0 Å².